The van der Waals surface area contributed by atoms with Crippen LogP contribution in [0.25, 0.3) is 0 Å². The standard InChI is InChI=1S/C18H24ClN3O3S/c1-10(2)5-6-20-18-22-17(24)15(26-18)9-16(23)21-13-7-11(3)12(19)8-14(13)25-4/h7-8,10,15H,5-6,9H2,1-4H3,(H,21,23)(H,20,22,24)/t15-/m0/s1. The topological polar surface area (TPSA) is 79.8 Å². The smallest absolute Gasteiger partial charge is 0.240 e. The molecule has 1 aliphatic rings. The molecule has 0 bridgehead atoms. The Morgan fingerprint density at radius 2 is 2.19 bits per heavy atom. The maximum absolute atomic E-state index is 12.4. The van der Waals surface area contributed by atoms with Crippen LogP contribution in [0.5, 0.6) is 5.75 Å². The SMILES string of the molecule is COc1cc(Cl)c(C)cc1NC(=O)C[C@@H]1SC(=NCCC(C)C)NC1=O. The van der Waals surface area contributed by atoms with Gasteiger partial charge in [-0.15, -0.1) is 0 Å². The normalized spacial score (nSPS) is 18.3. The van der Waals surface area contributed by atoms with Crippen molar-refractivity contribution in [3.05, 3.63) is 22.7 Å². The summed E-state index contributed by atoms with van der Waals surface area (Å²) >= 11 is 7.37. The zero-order chi connectivity index (χ0) is 19.3. The van der Waals surface area contributed by atoms with Gasteiger partial charge in [-0.2, -0.15) is 0 Å². The second-order valence-electron chi connectivity index (χ2n) is 6.52. The number of benzene rings is 1. The van der Waals surface area contributed by atoms with Crippen molar-refractivity contribution in [2.45, 2.75) is 38.9 Å². The van der Waals surface area contributed by atoms with Gasteiger partial charge in [0.05, 0.1) is 12.8 Å². The van der Waals surface area contributed by atoms with E-state index in [1.807, 2.05) is 6.92 Å². The lowest BCUT2D eigenvalue weighted by molar-refractivity contribution is -0.122. The number of hydrogen-bond donors (Lipinski definition) is 2. The van der Waals surface area contributed by atoms with Crippen molar-refractivity contribution in [2.24, 2.45) is 10.9 Å². The molecule has 0 aliphatic carbocycles. The fourth-order valence-corrected chi connectivity index (χ4v) is 3.49. The highest BCUT2D eigenvalue weighted by Gasteiger charge is 2.32. The summed E-state index contributed by atoms with van der Waals surface area (Å²) in [7, 11) is 1.51. The molecule has 1 fully saturated rings. The van der Waals surface area contributed by atoms with Gasteiger partial charge in [0, 0.05) is 24.1 Å². The molecule has 1 aliphatic heterocycles. The van der Waals surface area contributed by atoms with Gasteiger partial charge in [0.2, 0.25) is 11.8 Å². The fourth-order valence-electron chi connectivity index (χ4n) is 2.34. The first kappa shape index (κ1) is 20.6. The summed E-state index contributed by atoms with van der Waals surface area (Å²) in [6.45, 7) is 6.76. The van der Waals surface area contributed by atoms with E-state index in [1.54, 1.807) is 12.1 Å². The number of methoxy groups -OCH3 is 1. The number of ether oxygens (including phenoxy) is 1. The fraction of sp³-hybridized carbons (Fsp3) is 0.500. The molecule has 26 heavy (non-hydrogen) atoms. The monoisotopic (exact) mass is 397 g/mol. The molecule has 142 valence electrons. The van der Waals surface area contributed by atoms with Crippen LogP contribution in [0.3, 0.4) is 0 Å². The molecule has 6 nitrogen and oxygen atoms in total. The Bertz CT molecular complexity index is 722. The number of carbonyl (C=O) groups is 2. The third kappa shape index (κ3) is 5.64. The zero-order valence-electron chi connectivity index (χ0n) is 15.4. The van der Waals surface area contributed by atoms with Crippen molar-refractivity contribution >= 4 is 46.0 Å². The predicted octanol–water partition coefficient (Wildman–Crippen LogP) is 3.62. The highest BCUT2D eigenvalue weighted by molar-refractivity contribution is 8.15. The molecule has 0 aromatic heterocycles. The van der Waals surface area contributed by atoms with Crippen LogP contribution in [-0.4, -0.2) is 35.9 Å². The molecule has 0 radical (unpaired) electrons. The zero-order valence-corrected chi connectivity index (χ0v) is 17.0. The number of halogens is 1. The molecule has 8 heteroatoms. The number of hydrogen-bond acceptors (Lipinski definition) is 5. The minimum atomic E-state index is -0.479. The van der Waals surface area contributed by atoms with E-state index in [-0.39, 0.29) is 18.2 Å². The van der Waals surface area contributed by atoms with Crippen LogP contribution in [0.1, 0.15) is 32.3 Å². The molecular weight excluding hydrogens is 374 g/mol. The maximum Gasteiger partial charge on any atom is 0.240 e. The van der Waals surface area contributed by atoms with Crippen LogP contribution in [0.2, 0.25) is 5.02 Å². The lowest BCUT2D eigenvalue weighted by Gasteiger charge is -2.13. The quantitative estimate of drug-likeness (QED) is 0.736. The molecule has 2 rings (SSSR count). The first-order valence-electron chi connectivity index (χ1n) is 8.46. The van der Waals surface area contributed by atoms with Crippen LogP contribution >= 0.6 is 23.4 Å². The Hall–Kier alpha value is -1.73. The van der Waals surface area contributed by atoms with Gasteiger partial charge in [-0.25, -0.2) is 0 Å². The summed E-state index contributed by atoms with van der Waals surface area (Å²) in [6, 6.07) is 3.41. The Kier molecular flexibility index (Phi) is 7.34. The van der Waals surface area contributed by atoms with Crippen LogP contribution < -0.4 is 15.4 Å². The van der Waals surface area contributed by atoms with Gasteiger partial charge >= 0.3 is 0 Å². The predicted molar refractivity (Wildman–Crippen MR) is 107 cm³/mol. The van der Waals surface area contributed by atoms with Crippen LogP contribution in [0.15, 0.2) is 17.1 Å². The Morgan fingerprint density at radius 3 is 2.85 bits per heavy atom. The average Bonchev–Trinajstić information content (AvgIpc) is 2.90. The Morgan fingerprint density at radius 1 is 1.46 bits per heavy atom. The van der Waals surface area contributed by atoms with Crippen molar-refractivity contribution in [1.82, 2.24) is 5.32 Å². The number of nitrogens with zero attached hydrogens (tertiary/aromatic N) is 1. The van der Waals surface area contributed by atoms with E-state index < -0.39 is 5.25 Å². The van der Waals surface area contributed by atoms with Crippen molar-refractivity contribution in [2.75, 3.05) is 19.0 Å². The number of amidine groups is 1. The summed E-state index contributed by atoms with van der Waals surface area (Å²) in [5.41, 5.74) is 1.36. The molecule has 0 spiro atoms. The van der Waals surface area contributed by atoms with Crippen LogP contribution in [0, 0.1) is 12.8 Å². The molecule has 1 heterocycles. The number of anilines is 1. The number of aliphatic imine (C=N–C) groups is 1. The number of rotatable bonds is 7. The second kappa shape index (κ2) is 9.28. The molecule has 1 aromatic rings. The van der Waals surface area contributed by atoms with Crippen molar-refractivity contribution in [3.8, 4) is 5.75 Å². The highest BCUT2D eigenvalue weighted by Crippen LogP contribution is 2.31. The van der Waals surface area contributed by atoms with Gasteiger partial charge in [0.1, 0.15) is 11.0 Å². The van der Waals surface area contributed by atoms with Gasteiger partial charge in [-0.05, 0) is 30.9 Å². The molecule has 2 N–H and O–H groups in total. The van der Waals surface area contributed by atoms with Gasteiger partial charge < -0.3 is 15.4 Å². The van der Waals surface area contributed by atoms with Gasteiger partial charge in [-0.3, -0.25) is 14.6 Å². The average molecular weight is 398 g/mol. The molecule has 1 saturated heterocycles. The first-order chi connectivity index (χ1) is 12.3. The van der Waals surface area contributed by atoms with Crippen LogP contribution in [0.4, 0.5) is 5.69 Å². The molecule has 1 atom stereocenters. The maximum atomic E-state index is 12.4. The number of nitrogens with one attached hydrogen (secondary N) is 2. The third-order valence-electron chi connectivity index (χ3n) is 3.86. The lowest BCUT2D eigenvalue weighted by atomic mass is 10.1. The van der Waals surface area contributed by atoms with Gasteiger partial charge in [-0.1, -0.05) is 37.2 Å². The second-order valence-corrected chi connectivity index (χ2v) is 8.12. The lowest BCUT2D eigenvalue weighted by Crippen LogP contribution is -2.28. The number of aryl methyl sites for hydroxylation is 1. The van der Waals surface area contributed by atoms with E-state index in [2.05, 4.69) is 29.5 Å². The van der Waals surface area contributed by atoms with Crippen molar-refractivity contribution in [3.63, 3.8) is 0 Å². The van der Waals surface area contributed by atoms with Crippen LogP contribution in [-0.2, 0) is 9.59 Å². The minimum Gasteiger partial charge on any atom is -0.495 e. The van der Waals surface area contributed by atoms with E-state index in [0.717, 1.165) is 12.0 Å². The van der Waals surface area contributed by atoms with Crippen molar-refractivity contribution in [1.29, 1.82) is 0 Å². The van der Waals surface area contributed by atoms with Gasteiger partial charge in [0.15, 0.2) is 5.17 Å². The van der Waals surface area contributed by atoms with Crippen molar-refractivity contribution < 1.29 is 14.3 Å². The Balaban J connectivity index is 1.96. The molecule has 0 saturated carbocycles. The summed E-state index contributed by atoms with van der Waals surface area (Å²) in [5, 5.41) is 6.21. The third-order valence-corrected chi connectivity index (χ3v) is 5.39. The summed E-state index contributed by atoms with van der Waals surface area (Å²) < 4.78 is 5.25. The van der Waals surface area contributed by atoms with Gasteiger partial charge in [0.25, 0.3) is 0 Å². The first-order valence-corrected chi connectivity index (χ1v) is 9.72. The van der Waals surface area contributed by atoms with E-state index in [4.69, 9.17) is 16.3 Å². The molecule has 1 aromatic carbocycles. The number of amides is 2. The summed E-state index contributed by atoms with van der Waals surface area (Å²) in [4.78, 5) is 28.8. The largest absolute Gasteiger partial charge is 0.495 e. The summed E-state index contributed by atoms with van der Waals surface area (Å²) in [5.74, 6) is 0.586. The van der Waals surface area contributed by atoms with E-state index in [0.29, 0.717) is 34.1 Å². The number of thioether (sulfide) groups is 1. The van der Waals surface area contributed by atoms with E-state index >= 15 is 0 Å². The van der Waals surface area contributed by atoms with E-state index in [1.165, 1.54) is 18.9 Å². The molecular formula is C18H24ClN3O3S. The summed E-state index contributed by atoms with van der Waals surface area (Å²) in [6.07, 6.45) is 1.02. The number of carbonyl (C=O) groups excluding carboxylic acids is 2. The molecule has 2 amide bonds. The molecule has 0 unspecified atom stereocenters. The Labute approximate surface area is 163 Å². The minimum absolute atomic E-state index is 0.0600. The van der Waals surface area contributed by atoms with E-state index in [9.17, 15) is 9.59 Å². The highest BCUT2D eigenvalue weighted by atomic mass is 35.5.